The highest BCUT2D eigenvalue weighted by Crippen LogP contribution is 2.34. The molecule has 5 rings (SSSR count). The van der Waals surface area contributed by atoms with Gasteiger partial charge in [0.2, 0.25) is 0 Å². The molecular weight excluding hydrogens is 404 g/mol. The number of rotatable bonds is 2. The van der Waals surface area contributed by atoms with Gasteiger partial charge in [0.25, 0.3) is 5.91 Å². The molecule has 0 radical (unpaired) electrons. The number of nitrogen functional groups attached to an aromatic ring is 1. The van der Waals surface area contributed by atoms with E-state index in [2.05, 4.69) is 4.98 Å². The highest BCUT2D eigenvalue weighted by Gasteiger charge is 2.32. The number of aryl methyl sites for hydroxylation is 1. The number of hydrogen-bond donors (Lipinski definition) is 1. The number of aromatic nitrogens is 1. The summed E-state index contributed by atoms with van der Waals surface area (Å²) in [5.41, 5.74) is 9.17. The van der Waals surface area contributed by atoms with Gasteiger partial charge in [-0.1, -0.05) is 12.1 Å². The fraction of sp³-hybridized carbons (Fsp3) is 0.304. The third-order valence-electron chi connectivity index (χ3n) is 6.00. The van der Waals surface area contributed by atoms with Crippen molar-refractivity contribution in [2.75, 3.05) is 25.5 Å². The Labute approximate surface area is 177 Å². The van der Waals surface area contributed by atoms with Gasteiger partial charge >= 0.3 is 0 Å². The Balaban J connectivity index is 1.57. The molecule has 6 nitrogen and oxygen atoms in total. The molecule has 1 amide bonds. The largest absolute Gasteiger partial charge is 0.383 e. The van der Waals surface area contributed by atoms with Gasteiger partial charge in [-0.2, -0.15) is 0 Å². The van der Waals surface area contributed by atoms with Gasteiger partial charge in [-0.25, -0.2) is 13.8 Å². The number of amides is 1. The topological polar surface area (TPSA) is 77.7 Å². The number of morpholine rings is 1. The molecule has 1 saturated heterocycles. The van der Waals surface area contributed by atoms with Crippen molar-refractivity contribution in [3.63, 3.8) is 0 Å². The van der Waals surface area contributed by atoms with Gasteiger partial charge in [-0.15, -0.1) is 0 Å². The molecule has 1 unspecified atom stereocenters. The van der Waals surface area contributed by atoms with Gasteiger partial charge in [-0.05, 0) is 35.7 Å². The Morgan fingerprint density at radius 2 is 1.94 bits per heavy atom. The molecule has 1 fully saturated rings. The zero-order chi connectivity index (χ0) is 21.7. The summed E-state index contributed by atoms with van der Waals surface area (Å²) in [6.45, 7) is 3.26. The molecule has 1 atom stereocenters. The molecule has 0 spiro atoms. The normalized spacial score (nSPS) is 18.4. The van der Waals surface area contributed by atoms with Gasteiger partial charge in [0.1, 0.15) is 17.5 Å². The summed E-state index contributed by atoms with van der Waals surface area (Å²) in [6, 6.07) is 7.05. The molecular formula is C23H21F2N3O3. The number of anilines is 1. The lowest BCUT2D eigenvalue weighted by atomic mass is 9.99. The molecule has 2 aliphatic heterocycles. The standard InChI is InChI=1S/C23H21F2N3O3/c1-12-6-13(2-3-18(12)24)21-11-30-5-4-28(21)23(29)15-7-14-16-9-31-10-17(16)22(26)27-20(14)8-19(15)25/h2-3,6-8,21H,4-5,9-11H2,1H3,(H2,26,27). The number of nitrogens with two attached hydrogens (primary N) is 1. The van der Waals surface area contributed by atoms with Gasteiger partial charge in [0.05, 0.1) is 43.5 Å². The third-order valence-corrected chi connectivity index (χ3v) is 6.00. The molecule has 160 valence electrons. The Morgan fingerprint density at radius 1 is 1.13 bits per heavy atom. The maximum atomic E-state index is 15.0. The monoisotopic (exact) mass is 425 g/mol. The Hall–Kier alpha value is -3.10. The van der Waals surface area contributed by atoms with Crippen LogP contribution < -0.4 is 5.73 Å². The van der Waals surface area contributed by atoms with Crippen LogP contribution in [0.5, 0.6) is 0 Å². The van der Waals surface area contributed by atoms with Gasteiger partial charge < -0.3 is 20.1 Å². The van der Waals surface area contributed by atoms with E-state index in [-0.39, 0.29) is 18.0 Å². The maximum Gasteiger partial charge on any atom is 0.257 e. The number of benzene rings is 2. The summed E-state index contributed by atoms with van der Waals surface area (Å²) in [5, 5.41) is 0.661. The second kappa shape index (κ2) is 7.55. The van der Waals surface area contributed by atoms with Gasteiger partial charge in [0.15, 0.2) is 0 Å². The van der Waals surface area contributed by atoms with E-state index in [1.54, 1.807) is 24.0 Å². The Kier molecular flexibility index (Phi) is 4.83. The molecule has 31 heavy (non-hydrogen) atoms. The van der Waals surface area contributed by atoms with E-state index < -0.39 is 17.8 Å². The minimum atomic E-state index is -0.663. The highest BCUT2D eigenvalue weighted by molar-refractivity contribution is 6.00. The molecule has 0 aliphatic carbocycles. The van der Waals surface area contributed by atoms with E-state index >= 15 is 4.39 Å². The lowest BCUT2D eigenvalue weighted by molar-refractivity contribution is -0.00295. The minimum absolute atomic E-state index is 0.0427. The third kappa shape index (κ3) is 3.32. The molecule has 2 N–H and O–H groups in total. The highest BCUT2D eigenvalue weighted by atomic mass is 19.1. The molecule has 2 aliphatic rings. The van der Waals surface area contributed by atoms with E-state index in [9.17, 15) is 9.18 Å². The number of carbonyl (C=O) groups is 1. The van der Waals surface area contributed by atoms with Gasteiger partial charge in [0, 0.05) is 23.6 Å². The number of halogens is 2. The molecule has 3 heterocycles. The van der Waals surface area contributed by atoms with Crippen LogP contribution in [0, 0.1) is 18.6 Å². The van der Waals surface area contributed by atoms with Crippen molar-refractivity contribution in [1.82, 2.24) is 9.88 Å². The van der Waals surface area contributed by atoms with E-state index in [0.717, 1.165) is 16.7 Å². The van der Waals surface area contributed by atoms with Crippen molar-refractivity contribution in [2.45, 2.75) is 26.2 Å². The summed E-state index contributed by atoms with van der Waals surface area (Å²) < 4.78 is 39.8. The smallest absolute Gasteiger partial charge is 0.257 e. The minimum Gasteiger partial charge on any atom is -0.383 e. The van der Waals surface area contributed by atoms with Crippen LogP contribution in [-0.2, 0) is 22.7 Å². The summed E-state index contributed by atoms with van der Waals surface area (Å²) in [4.78, 5) is 19.3. The number of pyridine rings is 1. The lowest BCUT2D eigenvalue weighted by Crippen LogP contribution is -2.43. The van der Waals surface area contributed by atoms with E-state index in [4.69, 9.17) is 15.2 Å². The number of nitrogens with zero attached hydrogens (tertiary/aromatic N) is 2. The van der Waals surface area contributed by atoms with Crippen molar-refractivity contribution in [3.8, 4) is 0 Å². The Bertz CT molecular complexity index is 1210. The first-order valence-electron chi connectivity index (χ1n) is 10.1. The average Bonchev–Trinajstić information content (AvgIpc) is 3.26. The second-order valence-corrected chi connectivity index (χ2v) is 7.89. The number of ether oxygens (including phenoxy) is 2. The molecule has 1 aromatic heterocycles. The number of carbonyl (C=O) groups excluding carboxylic acids is 1. The molecule has 3 aromatic rings. The second-order valence-electron chi connectivity index (χ2n) is 7.89. The summed E-state index contributed by atoms with van der Waals surface area (Å²) in [6.07, 6.45) is 0. The van der Waals surface area contributed by atoms with Crippen LogP contribution in [0.15, 0.2) is 30.3 Å². The predicted octanol–water partition coefficient (Wildman–Crippen LogP) is 3.65. The quantitative estimate of drug-likeness (QED) is 0.678. The van der Waals surface area contributed by atoms with Crippen molar-refractivity contribution in [1.29, 1.82) is 0 Å². The van der Waals surface area contributed by atoms with Crippen LogP contribution in [0.3, 0.4) is 0 Å². The predicted molar refractivity (Wildman–Crippen MR) is 110 cm³/mol. The summed E-state index contributed by atoms with van der Waals surface area (Å²) in [7, 11) is 0. The van der Waals surface area contributed by atoms with E-state index in [0.29, 0.717) is 48.6 Å². The van der Waals surface area contributed by atoms with Crippen LogP contribution in [0.4, 0.5) is 14.6 Å². The first kappa shape index (κ1) is 19.8. The van der Waals surface area contributed by atoms with Crippen LogP contribution in [0.25, 0.3) is 10.9 Å². The maximum absolute atomic E-state index is 15.0. The summed E-state index contributed by atoms with van der Waals surface area (Å²) in [5.74, 6) is -1.11. The first-order valence-corrected chi connectivity index (χ1v) is 10.1. The van der Waals surface area contributed by atoms with E-state index in [1.165, 1.54) is 18.2 Å². The van der Waals surface area contributed by atoms with Crippen LogP contribution in [0.1, 0.15) is 38.7 Å². The summed E-state index contributed by atoms with van der Waals surface area (Å²) >= 11 is 0. The van der Waals surface area contributed by atoms with Crippen molar-refractivity contribution in [2.24, 2.45) is 0 Å². The number of fused-ring (bicyclic) bond motifs is 3. The van der Waals surface area contributed by atoms with Crippen LogP contribution >= 0.6 is 0 Å². The SMILES string of the molecule is Cc1cc(C2COCCN2C(=O)c2cc3c4c(c(N)nc3cc2F)COC4)ccc1F. The van der Waals surface area contributed by atoms with Gasteiger partial charge in [-0.3, -0.25) is 4.79 Å². The first-order chi connectivity index (χ1) is 14.9. The average molecular weight is 425 g/mol. The van der Waals surface area contributed by atoms with Crippen molar-refractivity contribution in [3.05, 3.63) is 69.8 Å². The number of hydrogen-bond acceptors (Lipinski definition) is 5. The Morgan fingerprint density at radius 3 is 2.74 bits per heavy atom. The zero-order valence-corrected chi connectivity index (χ0v) is 17.0. The van der Waals surface area contributed by atoms with Crippen LogP contribution in [0.2, 0.25) is 0 Å². The fourth-order valence-electron chi connectivity index (χ4n) is 4.31. The van der Waals surface area contributed by atoms with Crippen LogP contribution in [-0.4, -0.2) is 35.5 Å². The van der Waals surface area contributed by atoms with Crippen molar-refractivity contribution >= 4 is 22.6 Å². The molecule has 0 saturated carbocycles. The lowest BCUT2D eigenvalue weighted by Gasteiger charge is -2.36. The van der Waals surface area contributed by atoms with Crippen molar-refractivity contribution < 1.29 is 23.0 Å². The molecule has 0 bridgehead atoms. The zero-order valence-electron chi connectivity index (χ0n) is 17.0. The molecule has 2 aromatic carbocycles. The fourth-order valence-corrected chi connectivity index (χ4v) is 4.31. The molecule has 8 heteroatoms. The van der Waals surface area contributed by atoms with E-state index in [1.807, 2.05) is 0 Å².